The quantitative estimate of drug-likeness (QED) is 0.296. The summed E-state index contributed by atoms with van der Waals surface area (Å²) < 4.78 is 19.3. The van der Waals surface area contributed by atoms with Gasteiger partial charge in [0.2, 0.25) is 13.2 Å². The minimum atomic E-state index is -3.38. The van der Waals surface area contributed by atoms with Gasteiger partial charge in [0, 0.05) is 36.8 Å². The Labute approximate surface area is 238 Å². The zero-order valence-electron chi connectivity index (χ0n) is 23.5. The molecular formula is C30H44N6O3P+. The highest BCUT2D eigenvalue weighted by molar-refractivity contribution is 7.66. The molecule has 0 saturated heterocycles. The Morgan fingerprint density at radius 3 is 2.25 bits per heavy atom. The molecule has 1 saturated carbocycles. The van der Waals surface area contributed by atoms with Crippen LogP contribution in [0.4, 0.5) is 17.2 Å². The highest BCUT2D eigenvalue weighted by atomic mass is 31.2. The van der Waals surface area contributed by atoms with E-state index >= 15 is 0 Å². The van der Waals surface area contributed by atoms with Gasteiger partial charge in [-0.2, -0.15) is 4.98 Å². The molecule has 0 amide bonds. The number of aliphatic imine (C=N–C) groups is 1. The molecule has 2 aromatic carbocycles. The highest BCUT2D eigenvalue weighted by Gasteiger charge is 2.35. The minimum absolute atomic E-state index is 0. The van der Waals surface area contributed by atoms with E-state index in [4.69, 9.17) is 15.5 Å². The molecule has 5 rings (SSSR count). The average Bonchev–Trinajstić information content (AvgIpc) is 2.88. The van der Waals surface area contributed by atoms with Crippen molar-refractivity contribution in [2.45, 2.75) is 58.5 Å². The lowest BCUT2D eigenvalue weighted by Crippen LogP contribution is -2.41. The van der Waals surface area contributed by atoms with E-state index in [9.17, 15) is 9.46 Å². The minimum Gasteiger partial charge on any atom is -0.463 e. The Balaban J connectivity index is 0.00000220. The molecule has 9 nitrogen and oxygen atoms in total. The van der Waals surface area contributed by atoms with Crippen LogP contribution in [0.2, 0.25) is 0 Å². The number of ether oxygens (including phenoxy) is 1. The number of rotatable bonds is 6. The first-order valence-electron chi connectivity index (χ1n) is 13.1. The average molecular weight is 568 g/mol. The Hall–Kier alpha value is -3.26. The number of quaternary nitrogens is 1. The van der Waals surface area contributed by atoms with Crippen molar-refractivity contribution in [3.8, 4) is 5.88 Å². The fourth-order valence-corrected chi connectivity index (χ4v) is 7.43. The number of anilines is 2. The molecule has 3 aromatic rings. The predicted molar refractivity (Wildman–Crippen MR) is 166 cm³/mol. The summed E-state index contributed by atoms with van der Waals surface area (Å²) in [7, 11) is 0.546. The van der Waals surface area contributed by atoms with Crippen molar-refractivity contribution in [3.05, 3.63) is 66.0 Å². The number of nitrogen functional groups attached to an aromatic ring is 1. The Morgan fingerprint density at radius 2 is 1.65 bits per heavy atom. The standard InChI is InChI=1S/C29H36N5O3P.CH4.H3N/c1-29(2)26(33-25-27(30)31-18-32-28(25)37-29)22-11-9-21(10-12-22)20-7-5-19(6-8-20)17-38(35,36)24-15-13-23(14-16-24)34(3)4;;/h9-16,18-20H,5-8,17H2,1-4H3,(H,35,36)(H2,30,31,32);1H4;1H3/p+1. The van der Waals surface area contributed by atoms with Gasteiger partial charge in [-0.3, -0.25) is 4.57 Å². The van der Waals surface area contributed by atoms with E-state index in [1.54, 1.807) is 12.1 Å². The van der Waals surface area contributed by atoms with Crippen LogP contribution in [0.3, 0.4) is 0 Å². The lowest BCUT2D eigenvalue weighted by Gasteiger charge is -2.32. The van der Waals surface area contributed by atoms with Crippen molar-refractivity contribution < 1.29 is 14.2 Å². The molecule has 2 heterocycles. The van der Waals surface area contributed by atoms with E-state index in [2.05, 4.69) is 34.2 Å². The summed E-state index contributed by atoms with van der Waals surface area (Å²) in [6, 6.07) is 15.9. The van der Waals surface area contributed by atoms with E-state index in [0.717, 1.165) is 42.6 Å². The molecule has 2 aliphatic rings. The maximum absolute atomic E-state index is 13.2. The van der Waals surface area contributed by atoms with Crippen molar-refractivity contribution in [3.63, 3.8) is 0 Å². The zero-order valence-corrected chi connectivity index (χ0v) is 24.4. The van der Waals surface area contributed by atoms with Gasteiger partial charge in [0.25, 0.3) is 0 Å². The van der Waals surface area contributed by atoms with Crippen molar-refractivity contribution in [1.82, 2.24) is 16.1 Å². The van der Waals surface area contributed by atoms with Crippen LogP contribution in [0.1, 0.15) is 64.0 Å². The summed E-state index contributed by atoms with van der Waals surface area (Å²) in [6.07, 6.45) is 5.67. The van der Waals surface area contributed by atoms with E-state index in [0.29, 0.717) is 34.8 Å². The second-order valence-electron chi connectivity index (χ2n) is 11.1. The lowest BCUT2D eigenvalue weighted by atomic mass is 9.79. The van der Waals surface area contributed by atoms with Crippen LogP contribution in [-0.4, -0.2) is 46.4 Å². The molecule has 0 spiro atoms. The van der Waals surface area contributed by atoms with Gasteiger partial charge in [-0.1, -0.05) is 31.7 Å². The van der Waals surface area contributed by atoms with Crippen LogP contribution in [0.25, 0.3) is 0 Å². The molecular weight excluding hydrogens is 523 g/mol. The van der Waals surface area contributed by atoms with Gasteiger partial charge in [-0.05, 0) is 81.2 Å². The number of fused-ring (bicyclic) bond motifs is 1. The van der Waals surface area contributed by atoms with Crippen molar-refractivity contribution in [2.24, 2.45) is 10.9 Å². The third-order valence-electron chi connectivity index (χ3n) is 7.74. The smallest absolute Gasteiger partial charge is 0.246 e. The number of nitrogens with two attached hydrogens (primary N) is 1. The molecule has 40 heavy (non-hydrogen) atoms. The SMILES string of the molecule is C.CN(C)c1ccc(P(=O)(O)CC2CCC(c3ccc(C4=Nc5c(N)ncnc5OC4(C)C)cc3)CC2)cc1.[NH4+]. The summed E-state index contributed by atoms with van der Waals surface area (Å²) in [6.45, 7) is 3.94. The van der Waals surface area contributed by atoms with Crippen LogP contribution in [0, 0.1) is 5.92 Å². The molecule has 1 atom stereocenters. The first-order valence-corrected chi connectivity index (χ1v) is 15.0. The zero-order chi connectivity index (χ0) is 27.1. The summed E-state index contributed by atoms with van der Waals surface area (Å²) >= 11 is 0. The summed E-state index contributed by atoms with van der Waals surface area (Å²) in [4.78, 5) is 25.8. The van der Waals surface area contributed by atoms with Crippen molar-refractivity contribution in [1.29, 1.82) is 0 Å². The first-order chi connectivity index (χ1) is 18.0. The summed E-state index contributed by atoms with van der Waals surface area (Å²) in [5.41, 5.74) is 9.91. The molecule has 1 aliphatic carbocycles. The van der Waals surface area contributed by atoms with Gasteiger partial charge in [0.15, 0.2) is 11.5 Å². The monoisotopic (exact) mass is 567 g/mol. The molecule has 216 valence electrons. The van der Waals surface area contributed by atoms with E-state index in [-0.39, 0.29) is 19.5 Å². The van der Waals surface area contributed by atoms with Gasteiger partial charge in [-0.25, -0.2) is 9.98 Å². The van der Waals surface area contributed by atoms with Gasteiger partial charge >= 0.3 is 0 Å². The number of nitrogens with zero attached hydrogens (tertiary/aromatic N) is 4. The fourth-order valence-electron chi connectivity index (χ4n) is 5.53. The Bertz CT molecular complexity index is 1380. The molecule has 1 fully saturated rings. The first kappa shape index (κ1) is 31.3. The molecule has 1 aromatic heterocycles. The van der Waals surface area contributed by atoms with Gasteiger partial charge in [0.1, 0.15) is 11.9 Å². The third kappa shape index (κ3) is 6.38. The molecule has 0 radical (unpaired) electrons. The van der Waals surface area contributed by atoms with E-state index in [1.807, 2.05) is 45.0 Å². The van der Waals surface area contributed by atoms with E-state index in [1.165, 1.54) is 11.9 Å². The van der Waals surface area contributed by atoms with Crippen molar-refractivity contribution in [2.75, 3.05) is 30.9 Å². The van der Waals surface area contributed by atoms with E-state index < -0.39 is 13.0 Å². The summed E-state index contributed by atoms with van der Waals surface area (Å²) in [5.74, 6) is 1.41. The predicted octanol–water partition coefficient (Wildman–Crippen LogP) is 6.30. The van der Waals surface area contributed by atoms with Gasteiger partial charge in [0.05, 0.1) is 5.71 Å². The van der Waals surface area contributed by atoms with Crippen LogP contribution < -0.4 is 26.8 Å². The second-order valence-corrected chi connectivity index (χ2v) is 13.4. The topological polar surface area (TPSA) is 150 Å². The second kappa shape index (κ2) is 12.1. The normalized spacial score (nSPS) is 20.9. The molecule has 7 N–H and O–H groups in total. The Kier molecular flexibility index (Phi) is 9.45. The maximum atomic E-state index is 13.2. The number of aromatic nitrogens is 2. The lowest BCUT2D eigenvalue weighted by molar-refractivity contribution is 0.171. The molecule has 10 heteroatoms. The van der Waals surface area contributed by atoms with Crippen LogP contribution in [-0.2, 0) is 4.57 Å². The number of hydrogen-bond donors (Lipinski definition) is 3. The molecule has 0 bridgehead atoms. The maximum Gasteiger partial charge on any atom is 0.246 e. The van der Waals surface area contributed by atoms with Crippen LogP contribution >= 0.6 is 7.37 Å². The summed E-state index contributed by atoms with van der Waals surface area (Å²) in [5, 5.41) is 0.550. The van der Waals surface area contributed by atoms with Crippen LogP contribution in [0.15, 0.2) is 59.9 Å². The molecule has 1 unspecified atom stereocenters. The van der Waals surface area contributed by atoms with Crippen LogP contribution in [0.5, 0.6) is 5.88 Å². The largest absolute Gasteiger partial charge is 0.463 e. The van der Waals surface area contributed by atoms with Crippen molar-refractivity contribution >= 4 is 35.6 Å². The van der Waals surface area contributed by atoms with Gasteiger partial charge < -0.3 is 26.4 Å². The number of benzene rings is 2. The van der Waals surface area contributed by atoms with Gasteiger partial charge in [-0.15, -0.1) is 0 Å². The molecule has 1 aliphatic heterocycles. The highest BCUT2D eigenvalue weighted by Crippen LogP contribution is 2.47. The fraction of sp³-hybridized carbons (Fsp3) is 0.433. The Morgan fingerprint density at radius 1 is 1.02 bits per heavy atom. The number of hydrogen-bond acceptors (Lipinski definition) is 7. The third-order valence-corrected chi connectivity index (χ3v) is 9.86.